The Morgan fingerprint density at radius 1 is 1.28 bits per heavy atom. The zero-order valence-electron chi connectivity index (χ0n) is 14.8. The van der Waals surface area contributed by atoms with Crippen LogP contribution in [0.3, 0.4) is 0 Å². The monoisotopic (exact) mass is 341 g/mol. The number of fused-ring (bicyclic) bond motifs is 1. The van der Waals surface area contributed by atoms with Crippen LogP contribution in [0.4, 0.5) is 5.69 Å². The molecule has 2 heterocycles. The fourth-order valence-electron chi connectivity index (χ4n) is 3.56. The summed E-state index contributed by atoms with van der Waals surface area (Å²) in [6.45, 7) is 0. The summed E-state index contributed by atoms with van der Waals surface area (Å²) < 4.78 is 2.21. The standard InChI is InChI=1S/C18H23N5O2/c1-21-14(9-8-12-6-4-5-7-15(12)21)10-13(11-19)16-17(24)22(2)18(25)23(3)20-16/h4-7,11,13-14,19H,8-10H2,1-3H3. The molecule has 3 rings (SSSR count). The molecule has 2 aromatic rings. The number of para-hydroxylation sites is 1. The van der Waals surface area contributed by atoms with E-state index in [0.29, 0.717) is 6.42 Å². The first-order valence-electron chi connectivity index (χ1n) is 8.39. The van der Waals surface area contributed by atoms with E-state index in [0.717, 1.165) is 22.1 Å². The van der Waals surface area contributed by atoms with Gasteiger partial charge in [0.1, 0.15) is 5.69 Å². The van der Waals surface area contributed by atoms with Gasteiger partial charge in [-0.2, -0.15) is 5.10 Å². The quantitative estimate of drug-likeness (QED) is 0.843. The van der Waals surface area contributed by atoms with Gasteiger partial charge in [0, 0.05) is 45.0 Å². The number of hydrogen-bond acceptors (Lipinski definition) is 5. The van der Waals surface area contributed by atoms with E-state index in [1.54, 1.807) is 0 Å². The van der Waals surface area contributed by atoms with Crippen molar-refractivity contribution in [1.82, 2.24) is 14.3 Å². The molecule has 0 amide bonds. The highest BCUT2D eigenvalue weighted by Crippen LogP contribution is 2.32. The van der Waals surface area contributed by atoms with Gasteiger partial charge in [-0.25, -0.2) is 9.48 Å². The molecule has 1 aromatic carbocycles. The van der Waals surface area contributed by atoms with Gasteiger partial charge in [-0.1, -0.05) is 18.2 Å². The summed E-state index contributed by atoms with van der Waals surface area (Å²) in [6.07, 6.45) is 3.83. The van der Waals surface area contributed by atoms with Crippen molar-refractivity contribution >= 4 is 11.9 Å². The maximum absolute atomic E-state index is 12.4. The maximum atomic E-state index is 12.4. The van der Waals surface area contributed by atoms with Gasteiger partial charge >= 0.3 is 5.69 Å². The molecule has 2 atom stereocenters. The molecule has 1 aliphatic rings. The second-order valence-electron chi connectivity index (χ2n) is 6.60. The van der Waals surface area contributed by atoms with Gasteiger partial charge in [0.15, 0.2) is 0 Å². The Morgan fingerprint density at radius 2 is 2.00 bits per heavy atom. The third-order valence-corrected chi connectivity index (χ3v) is 5.09. The van der Waals surface area contributed by atoms with Crippen molar-refractivity contribution in [2.75, 3.05) is 11.9 Å². The van der Waals surface area contributed by atoms with Crippen molar-refractivity contribution in [1.29, 1.82) is 5.41 Å². The Labute approximate surface area is 146 Å². The van der Waals surface area contributed by atoms with Crippen LogP contribution < -0.4 is 16.1 Å². The third-order valence-electron chi connectivity index (χ3n) is 5.09. The van der Waals surface area contributed by atoms with E-state index in [1.165, 1.54) is 31.6 Å². The molecule has 2 unspecified atom stereocenters. The first-order valence-corrected chi connectivity index (χ1v) is 8.39. The minimum atomic E-state index is -0.457. The molecule has 7 heteroatoms. The second-order valence-corrected chi connectivity index (χ2v) is 6.60. The number of nitrogens with one attached hydrogen (secondary N) is 1. The van der Waals surface area contributed by atoms with Gasteiger partial charge in [-0.15, -0.1) is 0 Å². The number of nitrogens with zero attached hydrogens (tertiary/aromatic N) is 4. The topological polar surface area (TPSA) is 84.0 Å². The van der Waals surface area contributed by atoms with Crippen LogP contribution in [0.5, 0.6) is 0 Å². The number of anilines is 1. The Balaban J connectivity index is 1.91. The van der Waals surface area contributed by atoms with Gasteiger partial charge < -0.3 is 10.3 Å². The fraction of sp³-hybridized carbons (Fsp3) is 0.444. The van der Waals surface area contributed by atoms with Crippen molar-refractivity contribution in [2.45, 2.75) is 31.2 Å². The Morgan fingerprint density at radius 3 is 2.72 bits per heavy atom. The molecular formula is C18H23N5O2. The minimum Gasteiger partial charge on any atom is -0.371 e. The zero-order valence-corrected chi connectivity index (χ0v) is 14.8. The summed E-state index contributed by atoms with van der Waals surface area (Å²) in [6, 6.07) is 8.53. The predicted molar refractivity (Wildman–Crippen MR) is 97.8 cm³/mol. The molecule has 25 heavy (non-hydrogen) atoms. The van der Waals surface area contributed by atoms with Crippen molar-refractivity contribution < 1.29 is 0 Å². The van der Waals surface area contributed by atoms with E-state index >= 15 is 0 Å². The molecule has 0 bridgehead atoms. The number of rotatable bonds is 4. The lowest BCUT2D eigenvalue weighted by Gasteiger charge is -2.37. The molecule has 1 aliphatic heterocycles. The van der Waals surface area contributed by atoms with E-state index in [9.17, 15) is 9.59 Å². The summed E-state index contributed by atoms with van der Waals surface area (Å²) >= 11 is 0. The number of aromatic nitrogens is 3. The Hall–Kier alpha value is -2.70. The van der Waals surface area contributed by atoms with Gasteiger partial charge in [0.25, 0.3) is 5.56 Å². The molecule has 0 saturated heterocycles. The normalized spacial score (nSPS) is 17.9. The predicted octanol–water partition coefficient (Wildman–Crippen LogP) is 1.05. The highest BCUT2D eigenvalue weighted by atomic mass is 16.2. The molecule has 1 N–H and O–H groups in total. The molecule has 0 aliphatic carbocycles. The van der Waals surface area contributed by atoms with Crippen LogP contribution in [-0.2, 0) is 20.5 Å². The van der Waals surface area contributed by atoms with Crippen molar-refractivity contribution in [2.24, 2.45) is 14.1 Å². The van der Waals surface area contributed by atoms with E-state index in [4.69, 9.17) is 5.41 Å². The second kappa shape index (κ2) is 6.66. The largest absolute Gasteiger partial charge is 0.371 e. The third kappa shape index (κ3) is 3.01. The molecule has 132 valence electrons. The van der Waals surface area contributed by atoms with Crippen LogP contribution >= 0.6 is 0 Å². The van der Waals surface area contributed by atoms with Crippen LogP contribution in [0.25, 0.3) is 0 Å². The summed E-state index contributed by atoms with van der Waals surface area (Å²) in [5.74, 6) is -0.414. The number of benzene rings is 1. The maximum Gasteiger partial charge on any atom is 0.346 e. The molecule has 1 aromatic heterocycles. The summed E-state index contributed by atoms with van der Waals surface area (Å²) in [5.41, 5.74) is 1.90. The zero-order chi connectivity index (χ0) is 18.1. The lowest BCUT2D eigenvalue weighted by molar-refractivity contribution is 0.490. The summed E-state index contributed by atoms with van der Waals surface area (Å²) in [5, 5.41) is 11.9. The van der Waals surface area contributed by atoms with Crippen molar-refractivity contribution in [3.8, 4) is 0 Å². The molecule has 0 saturated carbocycles. The fourth-order valence-corrected chi connectivity index (χ4v) is 3.56. The van der Waals surface area contributed by atoms with Crippen molar-refractivity contribution in [3.63, 3.8) is 0 Å². The van der Waals surface area contributed by atoms with E-state index in [-0.39, 0.29) is 11.7 Å². The van der Waals surface area contributed by atoms with Gasteiger partial charge in [0.05, 0.1) is 0 Å². The van der Waals surface area contributed by atoms with E-state index < -0.39 is 17.2 Å². The Bertz CT molecular complexity index is 914. The first-order chi connectivity index (χ1) is 11.9. The first kappa shape index (κ1) is 17.1. The molecule has 7 nitrogen and oxygen atoms in total. The highest BCUT2D eigenvalue weighted by Gasteiger charge is 2.28. The SMILES string of the molecule is CN1c2ccccc2CCC1CC(C=N)c1nn(C)c(=O)n(C)c1=O. The molecular weight excluding hydrogens is 318 g/mol. The Kier molecular flexibility index (Phi) is 4.57. The van der Waals surface area contributed by atoms with Gasteiger partial charge in [-0.3, -0.25) is 9.36 Å². The number of hydrogen-bond donors (Lipinski definition) is 1. The average Bonchev–Trinajstić information content (AvgIpc) is 2.63. The number of aryl methyl sites for hydroxylation is 2. The highest BCUT2D eigenvalue weighted by molar-refractivity contribution is 5.64. The van der Waals surface area contributed by atoms with Gasteiger partial charge in [-0.05, 0) is 30.9 Å². The van der Waals surface area contributed by atoms with Gasteiger partial charge in [0.2, 0.25) is 0 Å². The lowest BCUT2D eigenvalue weighted by Crippen LogP contribution is -2.43. The van der Waals surface area contributed by atoms with E-state index in [1.807, 2.05) is 12.1 Å². The van der Waals surface area contributed by atoms with Crippen LogP contribution in [0.15, 0.2) is 33.9 Å². The molecule has 0 spiro atoms. The smallest absolute Gasteiger partial charge is 0.346 e. The summed E-state index contributed by atoms with van der Waals surface area (Å²) in [4.78, 5) is 26.5. The lowest BCUT2D eigenvalue weighted by atomic mass is 9.89. The average molecular weight is 341 g/mol. The van der Waals surface area contributed by atoms with E-state index in [2.05, 4.69) is 29.2 Å². The van der Waals surface area contributed by atoms with Crippen LogP contribution in [0.2, 0.25) is 0 Å². The van der Waals surface area contributed by atoms with Crippen LogP contribution in [-0.4, -0.2) is 33.7 Å². The van der Waals surface area contributed by atoms with Crippen LogP contribution in [0, 0.1) is 5.41 Å². The van der Waals surface area contributed by atoms with Crippen LogP contribution in [0.1, 0.15) is 30.0 Å². The minimum absolute atomic E-state index is 0.213. The van der Waals surface area contributed by atoms with Crippen molar-refractivity contribution in [3.05, 3.63) is 56.4 Å². The molecule has 0 radical (unpaired) electrons. The molecule has 0 fully saturated rings. The summed E-state index contributed by atoms with van der Waals surface area (Å²) in [7, 11) is 5.02.